The molecule has 128 valence electrons. The lowest BCUT2D eigenvalue weighted by Crippen LogP contribution is -2.14. The molecule has 25 heavy (non-hydrogen) atoms. The number of hydrogen-bond donors (Lipinski definition) is 1. The Balaban J connectivity index is 1.67. The van der Waals surface area contributed by atoms with Gasteiger partial charge in [-0.15, -0.1) is 10.2 Å². The fourth-order valence-corrected chi connectivity index (χ4v) is 3.21. The molecule has 1 amide bonds. The maximum Gasteiger partial charge on any atom is 0.230 e. The van der Waals surface area contributed by atoms with Crippen molar-refractivity contribution in [1.29, 1.82) is 0 Å². The standard InChI is InChI=1S/C20H21N3OS/c1-20(2,3)16-11-9-15(10-12-16)18-22-23-19(25-18)21-17(24)13-14-7-5-4-6-8-14/h4-12H,13H2,1-3H3,(H,21,23,24). The van der Waals surface area contributed by atoms with E-state index < -0.39 is 0 Å². The highest BCUT2D eigenvalue weighted by Gasteiger charge is 2.14. The van der Waals surface area contributed by atoms with Crippen LogP contribution in [-0.2, 0) is 16.6 Å². The van der Waals surface area contributed by atoms with Gasteiger partial charge in [0.15, 0.2) is 0 Å². The van der Waals surface area contributed by atoms with Crippen LogP contribution in [0.15, 0.2) is 54.6 Å². The molecule has 0 radical (unpaired) electrons. The lowest BCUT2D eigenvalue weighted by Gasteiger charge is -2.18. The van der Waals surface area contributed by atoms with Crippen LogP contribution in [0.25, 0.3) is 10.6 Å². The van der Waals surface area contributed by atoms with Gasteiger partial charge in [0.25, 0.3) is 0 Å². The van der Waals surface area contributed by atoms with Gasteiger partial charge in [0, 0.05) is 5.56 Å². The molecule has 0 aliphatic carbocycles. The SMILES string of the molecule is CC(C)(C)c1ccc(-c2nnc(NC(=O)Cc3ccccc3)s2)cc1. The second-order valence-corrected chi connectivity index (χ2v) is 7.93. The monoisotopic (exact) mass is 351 g/mol. The molecule has 0 saturated heterocycles. The first-order valence-electron chi connectivity index (χ1n) is 8.20. The van der Waals surface area contributed by atoms with E-state index in [1.54, 1.807) is 0 Å². The number of anilines is 1. The highest BCUT2D eigenvalue weighted by molar-refractivity contribution is 7.18. The van der Waals surface area contributed by atoms with Gasteiger partial charge in [0.2, 0.25) is 11.0 Å². The van der Waals surface area contributed by atoms with Gasteiger partial charge >= 0.3 is 0 Å². The second kappa shape index (κ2) is 7.15. The molecule has 0 bridgehead atoms. The summed E-state index contributed by atoms with van der Waals surface area (Å²) in [7, 11) is 0. The van der Waals surface area contributed by atoms with Crippen LogP contribution in [0.2, 0.25) is 0 Å². The molecule has 0 fully saturated rings. The van der Waals surface area contributed by atoms with Crippen molar-refractivity contribution in [3.05, 3.63) is 65.7 Å². The predicted octanol–water partition coefficient (Wildman–Crippen LogP) is 4.68. The fraction of sp³-hybridized carbons (Fsp3) is 0.250. The lowest BCUT2D eigenvalue weighted by molar-refractivity contribution is -0.115. The van der Waals surface area contributed by atoms with Crippen LogP contribution in [0.5, 0.6) is 0 Å². The lowest BCUT2D eigenvalue weighted by atomic mass is 9.87. The van der Waals surface area contributed by atoms with E-state index in [1.807, 2.05) is 30.3 Å². The Bertz CT molecular complexity index is 849. The first kappa shape index (κ1) is 17.3. The molecule has 0 aliphatic rings. The summed E-state index contributed by atoms with van der Waals surface area (Å²) in [5, 5.41) is 12.4. The van der Waals surface area contributed by atoms with E-state index in [9.17, 15) is 4.79 Å². The first-order chi connectivity index (χ1) is 11.9. The summed E-state index contributed by atoms with van der Waals surface area (Å²) < 4.78 is 0. The second-order valence-electron chi connectivity index (χ2n) is 6.95. The zero-order valence-electron chi connectivity index (χ0n) is 14.6. The summed E-state index contributed by atoms with van der Waals surface area (Å²) in [6.45, 7) is 6.56. The van der Waals surface area contributed by atoms with Crippen molar-refractivity contribution in [2.75, 3.05) is 5.32 Å². The molecule has 1 aromatic heterocycles. The van der Waals surface area contributed by atoms with Crippen LogP contribution in [0.4, 0.5) is 5.13 Å². The maximum absolute atomic E-state index is 12.1. The molecule has 0 atom stereocenters. The van der Waals surface area contributed by atoms with Crippen molar-refractivity contribution < 1.29 is 4.79 Å². The highest BCUT2D eigenvalue weighted by Crippen LogP contribution is 2.29. The molecular formula is C20H21N3OS. The number of carbonyl (C=O) groups is 1. The van der Waals surface area contributed by atoms with Gasteiger partial charge in [-0.05, 0) is 16.5 Å². The summed E-state index contributed by atoms with van der Waals surface area (Å²) >= 11 is 1.38. The van der Waals surface area contributed by atoms with Crippen molar-refractivity contribution in [2.24, 2.45) is 0 Å². The molecule has 1 N–H and O–H groups in total. The first-order valence-corrected chi connectivity index (χ1v) is 9.02. The Morgan fingerprint density at radius 3 is 2.32 bits per heavy atom. The van der Waals surface area contributed by atoms with Gasteiger partial charge in [0.1, 0.15) is 5.01 Å². The zero-order valence-corrected chi connectivity index (χ0v) is 15.4. The van der Waals surface area contributed by atoms with Gasteiger partial charge < -0.3 is 5.32 Å². The number of amides is 1. The quantitative estimate of drug-likeness (QED) is 0.742. The number of nitrogens with one attached hydrogen (secondary N) is 1. The maximum atomic E-state index is 12.1. The van der Waals surface area contributed by atoms with Crippen LogP contribution in [0.3, 0.4) is 0 Å². The van der Waals surface area contributed by atoms with E-state index in [2.05, 4.69) is 60.6 Å². The average molecular weight is 351 g/mol. The van der Waals surface area contributed by atoms with E-state index in [-0.39, 0.29) is 11.3 Å². The van der Waals surface area contributed by atoms with E-state index in [0.717, 1.165) is 16.1 Å². The fourth-order valence-electron chi connectivity index (χ4n) is 2.45. The van der Waals surface area contributed by atoms with E-state index in [4.69, 9.17) is 0 Å². The normalized spacial score (nSPS) is 11.3. The Morgan fingerprint density at radius 2 is 1.68 bits per heavy atom. The Hall–Kier alpha value is -2.53. The minimum absolute atomic E-state index is 0.0861. The van der Waals surface area contributed by atoms with Crippen molar-refractivity contribution in [3.8, 4) is 10.6 Å². The summed E-state index contributed by atoms with van der Waals surface area (Å²) in [5.74, 6) is -0.0861. The van der Waals surface area contributed by atoms with Crippen molar-refractivity contribution in [1.82, 2.24) is 10.2 Å². The van der Waals surface area contributed by atoms with Gasteiger partial charge in [-0.25, -0.2) is 0 Å². The largest absolute Gasteiger partial charge is 0.300 e. The molecule has 3 aromatic rings. The van der Waals surface area contributed by atoms with Crippen LogP contribution < -0.4 is 5.32 Å². The van der Waals surface area contributed by atoms with Gasteiger partial charge in [-0.1, -0.05) is 86.7 Å². The topological polar surface area (TPSA) is 54.9 Å². The van der Waals surface area contributed by atoms with E-state index in [1.165, 1.54) is 16.9 Å². The summed E-state index contributed by atoms with van der Waals surface area (Å²) in [6, 6.07) is 18.0. The smallest absolute Gasteiger partial charge is 0.230 e. The minimum atomic E-state index is -0.0861. The number of aromatic nitrogens is 2. The Morgan fingerprint density at radius 1 is 1.00 bits per heavy atom. The molecule has 0 saturated carbocycles. The third kappa shape index (κ3) is 4.51. The summed E-state index contributed by atoms with van der Waals surface area (Å²) in [5.41, 5.74) is 3.38. The van der Waals surface area contributed by atoms with Crippen molar-refractivity contribution >= 4 is 22.4 Å². The molecule has 2 aromatic carbocycles. The Kier molecular flexibility index (Phi) is 4.95. The van der Waals surface area contributed by atoms with Gasteiger partial charge in [-0.2, -0.15) is 0 Å². The number of benzene rings is 2. The van der Waals surface area contributed by atoms with Gasteiger partial charge in [-0.3, -0.25) is 4.79 Å². The third-order valence-electron chi connectivity index (χ3n) is 3.88. The van der Waals surface area contributed by atoms with Crippen LogP contribution in [0.1, 0.15) is 31.9 Å². The molecule has 5 heteroatoms. The molecule has 0 unspecified atom stereocenters. The van der Waals surface area contributed by atoms with E-state index in [0.29, 0.717) is 11.6 Å². The summed E-state index contributed by atoms with van der Waals surface area (Å²) in [6.07, 6.45) is 0.329. The van der Waals surface area contributed by atoms with Crippen molar-refractivity contribution in [2.45, 2.75) is 32.6 Å². The minimum Gasteiger partial charge on any atom is -0.300 e. The number of rotatable bonds is 4. The molecule has 0 spiro atoms. The molecular weight excluding hydrogens is 330 g/mol. The summed E-state index contributed by atoms with van der Waals surface area (Å²) in [4.78, 5) is 12.1. The Labute approximate surface area is 151 Å². The zero-order chi connectivity index (χ0) is 17.9. The highest BCUT2D eigenvalue weighted by atomic mass is 32.1. The predicted molar refractivity (Wildman–Crippen MR) is 103 cm³/mol. The van der Waals surface area contributed by atoms with Crippen LogP contribution in [-0.4, -0.2) is 16.1 Å². The van der Waals surface area contributed by atoms with Crippen LogP contribution >= 0.6 is 11.3 Å². The van der Waals surface area contributed by atoms with Gasteiger partial charge in [0.05, 0.1) is 6.42 Å². The van der Waals surface area contributed by atoms with Crippen LogP contribution in [0, 0.1) is 0 Å². The average Bonchev–Trinajstić information content (AvgIpc) is 3.03. The third-order valence-corrected chi connectivity index (χ3v) is 4.76. The molecule has 0 aliphatic heterocycles. The molecule has 1 heterocycles. The van der Waals surface area contributed by atoms with Crippen molar-refractivity contribution in [3.63, 3.8) is 0 Å². The van der Waals surface area contributed by atoms with E-state index >= 15 is 0 Å². The molecule has 4 nitrogen and oxygen atoms in total. The molecule has 3 rings (SSSR count). The number of carbonyl (C=O) groups excluding carboxylic acids is 1. The number of hydrogen-bond acceptors (Lipinski definition) is 4. The number of nitrogens with zero attached hydrogens (tertiary/aromatic N) is 2.